The van der Waals surface area contributed by atoms with Crippen molar-refractivity contribution in [2.24, 2.45) is 10.7 Å². The van der Waals surface area contributed by atoms with Crippen molar-refractivity contribution < 1.29 is 14.3 Å². The van der Waals surface area contributed by atoms with Gasteiger partial charge < -0.3 is 15.2 Å². The predicted octanol–water partition coefficient (Wildman–Crippen LogP) is 2.85. The van der Waals surface area contributed by atoms with Crippen LogP contribution in [0.15, 0.2) is 41.4 Å². The number of hydrogen-bond acceptors (Lipinski definition) is 6. The van der Waals surface area contributed by atoms with Crippen LogP contribution < -0.4 is 10.5 Å². The number of carbonyl (C=O) groups is 1. The van der Waals surface area contributed by atoms with E-state index in [-0.39, 0.29) is 11.9 Å². The molecule has 1 fully saturated rings. The van der Waals surface area contributed by atoms with E-state index in [9.17, 15) is 10.1 Å². The van der Waals surface area contributed by atoms with Gasteiger partial charge >= 0.3 is 0 Å². The molecule has 7 nitrogen and oxygen atoms in total. The fourth-order valence-electron chi connectivity index (χ4n) is 5.00. The summed E-state index contributed by atoms with van der Waals surface area (Å²) in [4.78, 5) is 19.6. The van der Waals surface area contributed by atoms with Gasteiger partial charge in [-0.3, -0.25) is 9.69 Å². The van der Waals surface area contributed by atoms with Gasteiger partial charge in [0.2, 0.25) is 0 Å². The Bertz CT molecular complexity index is 1160. The maximum atomic E-state index is 13.5. The Morgan fingerprint density at radius 3 is 2.74 bits per heavy atom. The number of aliphatic imine (C=N–C) groups is 1. The molecule has 158 valence electrons. The van der Waals surface area contributed by atoms with Crippen molar-refractivity contribution >= 4 is 11.9 Å². The predicted molar refractivity (Wildman–Crippen MR) is 115 cm³/mol. The van der Waals surface area contributed by atoms with Gasteiger partial charge in [-0.2, -0.15) is 5.26 Å². The molecule has 2 unspecified atom stereocenters. The number of carbonyl (C=O) groups excluding carboxylic acids is 1. The van der Waals surface area contributed by atoms with Crippen LogP contribution in [-0.4, -0.2) is 42.6 Å². The van der Waals surface area contributed by atoms with Crippen LogP contribution in [-0.2, 0) is 15.1 Å². The zero-order valence-electron chi connectivity index (χ0n) is 17.6. The maximum absolute atomic E-state index is 13.5. The highest BCUT2D eigenvalue weighted by Crippen LogP contribution is 2.51. The van der Waals surface area contributed by atoms with Crippen LogP contribution in [0.5, 0.6) is 5.75 Å². The summed E-state index contributed by atoms with van der Waals surface area (Å²) in [6.07, 6.45) is 2.05. The zero-order valence-corrected chi connectivity index (χ0v) is 17.6. The summed E-state index contributed by atoms with van der Waals surface area (Å²) >= 11 is 0. The van der Waals surface area contributed by atoms with Crippen LogP contribution in [0, 0.1) is 18.3 Å². The smallest absolute Gasteiger partial charge is 0.261 e. The summed E-state index contributed by atoms with van der Waals surface area (Å²) in [5, 5.41) is 9.36. The quantitative estimate of drug-likeness (QED) is 0.770. The number of ether oxygens (including phenoxy) is 2. The Labute approximate surface area is 181 Å². The molecule has 2 spiro atoms. The van der Waals surface area contributed by atoms with E-state index < -0.39 is 11.1 Å². The van der Waals surface area contributed by atoms with Gasteiger partial charge in [-0.15, -0.1) is 0 Å². The summed E-state index contributed by atoms with van der Waals surface area (Å²) in [6.45, 7) is 3.07. The van der Waals surface area contributed by atoms with Crippen molar-refractivity contribution in [3.8, 4) is 22.9 Å². The first-order valence-corrected chi connectivity index (χ1v) is 10.4. The number of likely N-dealkylation sites (N-methyl/N-ethyl adjacent to an activating group) is 1. The summed E-state index contributed by atoms with van der Waals surface area (Å²) in [7, 11) is 1.65. The number of rotatable bonds is 1. The number of nitriles is 1. The first-order valence-electron chi connectivity index (χ1n) is 10.4. The van der Waals surface area contributed by atoms with Crippen molar-refractivity contribution in [1.82, 2.24) is 4.90 Å². The molecule has 0 aromatic heterocycles. The molecule has 0 radical (unpaired) electrons. The van der Waals surface area contributed by atoms with E-state index in [2.05, 4.69) is 6.07 Å². The van der Waals surface area contributed by atoms with Crippen LogP contribution in [0.4, 0.5) is 0 Å². The first-order chi connectivity index (χ1) is 14.9. The molecular formula is C24H24N4O3. The van der Waals surface area contributed by atoms with Gasteiger partial charge in [0.15, 0.2) is 11.5 Å². The number of amides is 1. The Morgan fingerprint density at radius 1 is 1.23 bits per heavy atom. The van der Waals surface area contributed by atoms with Crippen LogP contribution in [0.3, 0.4) is 0 Å². The fourth-order valence-corrected chi connectivity index (χ4v) is 5.00. The number of hydrogen-bond donors (Lipinski definition) is 1. The Morgan fingerprint density at radius 2 is 2.06 bits per heavy atom. The maximum Gasteiger partial charge on any atom is 0.261 e. The normalized spacial score (nSPS) is 27.1. The van der Waals surface area contributed by atoms with Crippen LogP contribution in [0.2, 0.25) is 0 Å². The third-order valence-electron chi connectivity index (χ3n) is 6.46. The number of aryl methyl sites for hydroxylation is 1. The summed E-state index contributed by atoms with van der Waals surface area (Å²) < 4.78 is 12.2. The minimum atomic E-state index is -1.13. The highest BCUT2D eigenvalue weighted by atomic mass is 16.5. The highest BCUT2D eigenvalue weighted by molar-refractivity contribution is 6.07. The number of guanidine groups is 1. The largest absolute Gasteiger partial charge is 0.484 e. The van der Waals surface area contributed by atoms with Crippen molar-refractivity contribution in [3.05, 3.63) is 53.1 Å². The van der Waals surface area contributed by atoms with E-state index >= 15 is 0 Å². The molecule has 1 saturated heterocycles. The lowest BCUT2D eigenvalue weighted by Gasteiger charge is -2.46. The molecule has 0 bridgehead atoms. The second kappa shape index (κ2) is 6.82. The lowest BCUT2D eigenvalue weighted by Crippen LogP contribution is -2.55. The topological polar surface area (TPSA) is 101 Å². The highest BCUT2D eigenvalue weighted by Gasteiger charge is 2.58. The molecule has 5 rings (SSSR count). The molecular weight excluding hydrogens is 392 g/mol. The van der Waals surface area contributed by atoms with Crippen molar-refractivity contribution in [3.63, 3.8) is 0 Å². The van der Waals surface area contributed by atoms with E-state index in [1.807, 2.05) is 43.3 Å². The van der Waals surface area contributed by atoms with Crippen molar-refractivity contribution in [1.29, 1.82) is 5.26 Å². The van der Waals surface area contributed by atoms with Gasteiger partial charge in [0.05, 0.1) is 18.2 Å². The SMILES string of the molecule is Cc1cc(C#N)cc(-c2ccc3c(c2)C2(CC4(CCCOC4)O3)N=C(N)N(C)C2=O)c1. The number of fused-ring (bicyclic) bond motifs is 2. The molecule has 3 heterocycles. The molecule has 7 heteroatoms. The van der Waals surface area contributed by atoms with Gasteiger partial charge in [0.25, 0.3) is 5.91 Å². The van der Waals surface area contributed by atoms with E-state index in [1.165, 1.54) is 4.90 Å². The van der Waals surface area contributed by atoms with Crippen LogP contribution >= 0.6 is 0 Å². The molecule has 2 aromatic carbocycles. The third-order valence-corrected chi connectivity index (χ3v) is 6.46. The number of nitrogens with zero attached hydrogens (tertiary/aromatic N) is 3. The molecule has 0 saturated carbocycles. The standard InChI is InChI=1S/C24H24N4O3/c1-15-8-16(12-25)10-18(9-15)17-4-5-20-19(11-17)24(21(29)28(2)22(26)27-24)13-23(31-20)6-3-7-30-14-23/h4-5,8-11H,3,6-7,13-14H2,1-2H3,(H2,26,27). The van der Waals surface area contributed by atoms with Gasteiger partial charge in [-0.05, 0) is 60.7 Å². The van der Waals surface area contributed by atoms with Crippen molar-refractivity contribution in [2.75, 3.05) is 20.3 Å². The average molecular weight is 416 g/mol. The Hall–Kier alpha value is -3.37. The molecule has 3 aliphatic rings. The minimum Gasteiger partial charge on any atom is -0.484 e. The van der Waals surface area contributed by atoms with E-state index in [0.29, 0.717) is 36.5 Å². The lowest BCUT2D eigenvalue weighted by molar-refractivity contribution is -0.139. The second-order valence-corrected chi connectivity index (χ2v) is 8.72. The number of nitrogens with two attached hydrogens (primary N) is 1. The molecule has 1 amide bonds. The third kappa shape index (κ3) is 2.98. The molecule has 2 N–H and O–H groups in total. The van der Waals surface area contributed by atoms with E-state index in [1.54, 1.807) is 7.05 Å². The molecule has 0 aliphatic carbocycles. The summed E-state index contributed by atoms with van der Waals surface area (Å²) in [6, 6.07) is 13.7. The minimum absolute atomic E-state index is 0.154. The van der Waals surface area contributed by atoms with E-state index in [4.69, 9.17) is 20.2 Å². The molecule has 3 aliphatic heterocycles. The van der Waals surface area contributed by atoms with Gasteiger partial charge in [0, 0.05) is 25.6 Å². The van der Waals surface area contributed by atoms with Gasteiger partial charge in [0.1, 0.15) is 11.4 Å². The Balaban J connectivity index is 1.69. The zero-order chi connectivity index (χ0) is 21.8. The monoisotopic (exact) mass is 416 g/mol. The molecule has 31 heavy (non-hydrogen) atoms. The average Bonchev–Trinajstić information content (AvgIpc) is 2.97. The summed E-state index contributed by atoms with van der Waals surface area (Å²) in [5.41, 5.74) is 8.47. The van der Waals surface area contributed by atoms with Crippen molar-refractivity contribution in [2.45, 2.75) is 37.3 Å². The molecule has 2 aromatic rings. The first kappa shape index (κ1) is 19.6. The van der Waals surface area contributed by atoms with E-state index in [0.717, 1.165) is 29.5 Å². The van der Waals surface area contributed by atoms with Crippen LogP contribution in [0.1, 0.15) is 36.0 Å². The fraction of sp³-hybridized carbons (Fsp3) is 0.375. The van der Waals surface area contributed by atoms with Gasteiger partial charge in [-0.25, -0.2) is 4.99 Å². The summed E-state index contributed by atoms with van der Waals surface area (Å²) in [5.74, 6) is 0.685. The van der Waals surface area contributed by atoms with Crippen LogP contribution in [0.25, 0.3) is 11.1 Å². The molecule has 2 atom stereocenters. The number of benzene rings is 2. The lowest BCUT2D eigenvalue weighted by atomic mass is 9.74. The van der Waals surface area contributed by atoms with Gasteiger partial charge in [-0.1, -0.05) is 12.1 Å². The Kier molecular flexibility index (Phi) is 4.31. The second-order valence-electron chi connectivity index (χ2n) is 8.72.